The maximum Gasteiger partial charge on any atom is 0.224 e. The quantitative estimate of drug-likeness (QED) is 0.668. The van der Waals surface area contributed by atoms with Crippen LogP contribution in [-0.2, 0) is 14.3 Å². The maximum atomic E-state index is 11.8. The van der Waals surface area contributed by atoms with Crippen molar-refractivity contribution in [1.82, 2.24) is 10.6 Å². The number of amides is 1. The molecule has 0 bridgehead atoms. The van der Waals surface area contributed by atoms with E-state index in [9.17, 15) is 4.79 Å². The minimum Gasteiger partial charge on any atom is -0.379 e. The normalized spacial score (nSPS) is 27.4. The molecule has 2 atom stereocenters. The van der Waals surface area contributed by atoms with Gasteiger partial charge < -0.3 is 20.1 Å². The molecule has 19 heavy (non-hydrogen) atoms. The molecule has 0 saturated carbocycles. The fourth-order valence-electron chi connectivity index (χ4n) is 2.60. The molecule has 2 unspecified atom stereocenters. The number of carbonyl (C=O) groups excluding carboxylic acids is 1. The van der Waals surface area contributed by atoms with Crippen LogP contribution < -0.4 is 10.6 Å². The SMILES string of the molecule is O=C(NCCCOCC1CCCO1)C1CCCNC1. The summed E-state index contributed by atoms with van der Waals surface area (Å²) in [6, 6.07) is 0. The van der Waals surface area contributed by atoms with Crippen LogP contribution in [0.1, 0.15) is 32.1 Å². The third kappa shape index (κ3) is 5.47. The van der Waals surface area contributed by atoms with Crippen LogP contribution in [0.4, 0.5) is 0 Å². The number of rotatable bonds is 7. The summed E-state index contributed by atoms with van der Waals surface area (Å²) in [6.07, 6.45) is 5.54. The van der Waals surface area contributed by atoms with E-state index in [4.69, 9.17) is 9.47 Å². The first-order valence-corrected chi connectivity index (χ1v) is 7.54. The maximum absolute atomic E-state index is 11.8. The number of hydrogen-bond acceptors (Lipinski definition) is 4. The zero-order valence-corrected chi connectivity index (χ0v) is 11.7. The Labute approximate surface area is 115 Å². The largest absolute Gasteiger partial charge is 0.379 e. The Bertz CT molecular complexity index is 261. The molecule has 2 N–H and O–H groups in total. The lowest BCUT2D eigenvalue weighted by Crippen LogP contribution is -2.40. The minimum atomic E-state index is 0.154. The van der Waals surface area contributed by atoms with Gasteiger partial charge in [-0.15, -0.1) is 0 Å². The van der Waals surface area contributed by atoms with Crippen LogP contribution in [0.15, 0.2) is 0 Å². The van der Waals surface area contributed by atoms with Crippen LogP contribution in [0.3, 0.4) is 0 Å². The first kappa shape index (κ1) is 14.8. The van der Waals surface area contributed by atoms with Crippen LogP contribution in [0.25, 0.3) is 0 Å². The molecule has 0 aromatic rings. The third-order valence-corrected chi connectivity index (χ3v) is 3.76. The Morgan fingerprint density at radius 2 is 2.32 bits per heavy atom. The molecule has 0 spiro atoms. The number of carbonyl (C=O) groups is 1. The van der Waals surface area contributed by atoms with Gasteiger partial charge in [-0.3, -0.25) is 4.79 Å². The summed E-state index contributed by atoms with van der Waals surface area (Å²) < 4.78 is 11.0. The number of hydrogen-bond donors (Lipinski definition) is 2. The lowest BCUT2D eigenvalue weighted by molar-refractivity contribution is -0.125. The molecule has 2 rings (SSSR count). The molecule has 0 aromatic heterocycles. The van der Waals surface area contributed by atoms with Crippen LogP contribution in [-0.4, -0.2) is 51.5 Å². The minimum absolute atomic E-state index is 0.154. The van der Waals surface area contributed by atoms with Gasteiger partial charge in [-0.05, 0) is 38.6 Å². The summed E-state index contributed by atoms with van der Waals surface area (Å²) in [6.45, 7) is 4.84. The zero-order chi connectivity index (χ0) is 13.3. The fraction of sp³-hybridized carbons (Fsp3) is 0.929. The van der Waals surface area contributed by atoms with Crippen molar-refractivity contribution in [3.05, 3.63) is 0 Å². The summed E-state index contributed by atoms with van der Waals surface area (Å²) in [4.78, 5) is 11.8. The Morgan fingerprint density at radius 3 is 3.05 bits per heavy atom. The summed E-state index contributed by atoms with van der Waals surface area (Å²) in [5.41, 5.74) is 0. The van der Waals surface area contributed by atoms with Gasteiger partial charge in [-0.2, -0.15) is 0 Å². The van der Waals surface area contributed by atoms with Gasteiger partial charge in [0.05, 0.1) is 18.6 Å². The fourth-order valence-corrected chi connectivity index (χ4v) is 2.60. The van der Waals surface area contributed by atoms with E-state index in [0.717, 1.165) is 51.8 Å². The van der Waals surface area contributed by atoms with E-state index in [-0.39, 0.29) is 11.8 Å². The average Bonchev–Trinajstić information content (AvgIpc) is 2.96. The first-order valence-electron chi connectivity index (χ1n) is 7.54. The molecule has 5 nitrogen and oxygen atoms in total. The van der Waals surface area contributed by atoms with E-state index in [0.29, 0.717) is 25.9 Å². The predicted molar refractivity (Wildman–Crippen MR) is 73.0 cm³/mol. The highest BCUT2D eigenvalue weighted by Crippen LogP contribution is 2.12. The standard InChI is InChI=1S/C14H26N2O3/c17-14(12-4-1-6-15-10-12)16-7-3-8-18-11-13-5-2-9-19-13/h12-13,15H,1-11H2,(H,16,17). The highest BCUT2D eigenvalue weighted by Gasteiger charge is 2.20. The van der Waals surface area contributed by atoms with Crippen LogP contribution in [0, 0.1) is 5.92 Å². The van der Waals surface area contributed by atoms with Gasteiger partial charge in [0.15, 0.2) is 0 Å². The van der Waals surface area contributed by atoms with Crippen molar-refractivity contribution in [2.75, 3.05) is 39.5 Å². The Balaban J connectivity index is 1.43. The smallest absolute Gasteiger partial charge is 0.224 e. The molecule has 5 heteroatoms. The van der Waals surface area contributed by atoms with Crippen molar-refractivity contribution in [2.45, 2.75) is 38.2 Å². The Morgan fingerprint density at radius 1 is 1.37 bits per heavy atom. The van der Waals surface area contributed by atoms with Crippen LogP contribution in [0.2, 0.25) is 0 Å². The predicted octanol–water partition coefficient (Wildman–Crippen LogP) is 0.688. The Hall–Kier alpha value is -0.650. The number of nitrogens with one attached hydrogen (secondary N) is 2. The van der Waals surface area contributed by atoms with Crippen molar-refractivity contribution in [1.29, 1.82) is 0 Å². The molecule has 110 valence electrons. The summed E-state index contributed by atoms with van der Waals surface area (Å²) in [5.74, 6) is 0.341. The molecule has 2 aliphatic rings. The molecular weight excluding hydrogens is 244 g/mol. The lowest BCUT2D eigenvalue weighted by atomic mass is 9.99. The molecule has 1 amide bonds. The molecule has 2 saturated heterocycles. The summed E-state index contributed by atoms with van der Waals surface area (Å²) in [5, 5.41) is 6.25. The molecule has 0 aliphatic carbocycles. The molecular formula is C14H26N2O3. The number of ether oxygens (including phenoxy) is 2. The molecule has 0 aromatic carbocycles. The van der Waals surface area contributed by atoms with Gasteiger partial charge in [0.25, 0.3) is 0 Å². The molecule has 2 heterocycles. The monoisotopic (exact) mass is 270 g/mol. The second kappa shape index (κ2) is 8.51. The van der Waals surface area contributed by atoms with Gasteiger partial charge in [0.2, 0.25) is 5.91 Å². The van der Waals surface area contributed by atoms with E-state index in [1.807, 2.05) is 0 Å². The van der Waals surface area contributed by atoms with Crippen molar-refractivity contribution >= 4 is 5.91 Å². The van der Waals surface area contributed by atoms with Gasteiger partial charge in [-0.25, -0.2) is 0 Å². The second-order valence-electron chi connectivity index (χ2n) is 5.40. The summed E-state index contributed by atoms with van der Waals surface area (Å²) >= 11 is 0. The van der Waals surface area contributed by atoms with Gasteiger partial charge >= 0.3 is 0 Å². The zero-order valence-electron chi connectivity index (χ0n) is 11.7. The average molecular weight is 270 g/mol. The lowest BCUT2D eigenvalue weighted by Gasteiger charge is -2.21. The van der Waals surface area contributed by atoms with E-state index in [1.54, 1.807) is 0 Å². The topological polar surface area (TPSA) is 59.6 Å². The van der Waals surface area contributed by atoms with Crippen LogP contribution >= 0.6 is 0 Å². The van der Waals surface area contributed by atoms with Crippen molar-refractivity contribution in [3.8, 4) is 0 Å². The van der Waals surface area contributed by atoms with Gasteiger partial charge in [0.1, 0.15) is 0 Å². The van der Waals surface area contributed by atoms with Crippen molar-refractivity contribution < 1.29 is 14.3 Å². The Kier molecular flexibility index (Phi) is 6.61. The highest BCUT2D eigenvalue weighted by atomic mass is 16.5. The van der Waals surface area contributed by atoms with Crippen molar-refractivity contribution in [3.63, 3.8) is 0 Å². The van der Waals surface area contributed by atoms with E-state index < -0.39 is 0 Å². The second-order valence-corrected chi connectivity index (χ2v) is 5.40. The first-order chi connectivity index (χ1) is 9.36. The van der Waals surface area contributed by atoms with E-state index in [1.165, 1.54) is 0 Å². The van der Waals surface area contributed by atoms with Gasteiger partial charge in [0, 0.05) is 26.3 Å². The molecule has 2 aliphatic heterocycles. The van der Waals surface area contributed by atoms with E-state index in [2.05, 4.69) is 10.6 Å². The summed E-state index contributed by atoms with van der Waals surface area (Å²) in [7, 11) is 0. The highest BCUT2D eigenvalue weighted by molar-refractivity contribution is 5.78. The van der Waals surface area contributed by atoms with E-state index >= 15 is 0 Å². The number of piperidine rings is 1. The molecule has 0 radical (unpaired) electrons. The van der Waals surface area contributed by atoms with Crippen LogP contribution in [0.5, 0.6) is 0 Å². The van der Waals surface area contributed by atoms with Crippen molar-refractivity contribution in [2.24, 2.45) is 5.92 Å². The van der Waals surface area contributed by atoms with Gasteiger partial charge in [-0.1, -0.05) is 0 Å². The molecule has 2 fully saturated rings. The third-order valence-electron chi connectivity index (χ3n) is 3.76.